The van der Waals surface area contributed by atoms with Gasteiger partial charge in [0.1, 0.15) is 5.76 Å². The average Bonchev–Trinajstić information content (AvgIpc) is 2.56. The van der Waals surface area contributed by atoms with Gasteiger partial charge in [-0.25, -0.2) is 4.98 Å². The van der Waals surface area contributed by atoms with Crippen molar-refractivity contribution in [1.82, 2.24) is 10.3 Å². The fourth-order valence-corrected chi connectivity index (χ4v) is 1.52. The SMILES string of the molecule is Cc1nc(C(=O)NCC(C)N)oc1C(C)(C)C. The Morgan fingerprint density at radius 1 is 1.53 bits per heavy atom. The zero-order valence-electron chi connectivity index (χ0n) is 11.1. The van der Waals surface area contributed by atoms with E-state index < -0.39 is 0 Å². The number of aromatic nitrogens is 1. The van der Waals surface area contributed by atoms with E-state index in [1.54, 1.807) is 0 Å². The van der Waals surface area contributed by atoms with Crippen molar-refractivity contribution in [2.24, 2.45) is 5.73 Å². The number of hydrogen-bond acceptors (Lipinski definition) is 4. The summed E-state index contributed by atoms with van der Waals surface area (Å²) < 4.78 is 5.51. The van der Waals surface area contributed by atoms with E-state index in [2.05, 4.69) is 10.3 Å². The molecule has 0 fully saturated rings. The fraction of sp³-hybridized carbons (Fsp3) is 0.667. The predicted octanol–water partition coefficient (Wildman–Crippen LogP) is 1.36. The van der Waals surface area contributed by atoms with Crippen molar-refractivity contribution in [3.05, 3.63) is 17.3 Å². The summed E-state index contributed by atoms with van der Waals surface area (Å²) in [6.45, 7) is 10.1. The van der Waals surface area contributed by atoms with Crippen LogP contribution in [0.4, 0.5) is 0 Å². The van der Waals surface area contributed by atoms with Gasteiger partial charge in [-0.2, -0.15) is 0 Å². The first-order valence-electron chi connectivity index (χ1n) is 5.73. The molecular formula is C12H21N3O2. The van der Waals surface area contributed by atoms with Crippen molar-refractivity contribution in [3.8, 4) is 0 Å². The highest BCUT2D eigenvalue weighted by atomic mass is 16.4. The number of nitrogens with one attached hydrogen (secondary N) is 1. The molecule has 0 saturated carbocycles. The Morgan fingerprint density at radius 2 is 2.12 bits per heavy atom. The minimum atomic E-state index is -0.319. The van der Waals surface area contributed by atoms with Crippen molar-refractivity contribution in [2.75, 3.05) is 6.54 Å². The van der Waals surface area contributed by atoms with E-state index in [0.717, 1.165) is 11.5 Å². The Hall–Kier alpha value is -1.36. The highest BCUT2D eigenvalue weighted by Crippen LogP contribution is 2.26. The van der Waals surface area contributed by atoms with Crippen LogP contribution in [-0.2, 0) is 5.41 Å². The lowest BCUT2D eigenvalue weighted by atomic mass is 9.92. The summed E-state index contributed by atoms with van der Waals surface area (Å²) in [6, 6.07) is -0.0860. The van der Waals surface area contributed by atoms with Gasteiger partial charge < -0.3 is 15.5 Å². The molecular weight excluding hydrogens is 218 g/mol. The quantitative estimate of drug-likeness (QED) is 0.834. The van der Waals surface area contributed by atoms with Crippen LogP contribution in [0.15, 0.2) is 4.42 Å². The Bertz CT molecular complexity index is 402. The van der Waals surface area contributed by atoms with Gasteiger partial charge >= 0.3 is 5.91 Å². The minimum absolute atomic E-state index is 0.0860. The van der Waals surface area contributed by atoms with E-state index in [4.69, 9.17) is 10.2 Å². The number of nitrogens with two attached hydrogens (primary N) is 1. The number of oxazole rings is 1. The molecule has 0 bridgehead atoms. The molecule has 0 aliphatic heterocycles. The summed E-state index contributed by atoms with van der Waals surface area (Å²) in [5.74, 6) is 0.525. The van der Waals surface area contributed by atoms with Gasteiger partial charge in [0.15, 0.2) is 0 Å². The molecule has 1 aromatic heterocycles. The van der Waals surface area contributed by atoms with E-state index in [1.165, 1.54) is 0 Å². The number of carbonyl (C=O) groups excluding carboxylic acids is 1. The van der Waals surface area contributed by atoms with Gasteiger partial charge in [0.2, 0.25) is 0 Å². The highest BCUT2D eigenvalue weighted by Gasteiger charge is 2.25. The van der Waals surface area contributed by atoms with E-state index in [-0.39, 0.29) is 23.3 Å². The molecule has 0 saturated heterocycles. The lowest BCUT2D eigenvalue weighted by Gasteiger charge is -2.14. The number of nitrogens with zero attached hydrogens (tertiary/aromatic N) is 1. The molecule has 5 nitrogen and oxygen atoms in total. The second kappa shape index (κ2) is 4.87. The number of carbonyl (C=O) groups is 1. The van der Waals surface area contributed by atoms with Gasteiger partial charge in [-0.3, -0.25) is 4.79 Å². The Labute approximate surface area is 102 Å². The molecule has 17 heavy (non-hydrogen) atoms. The molecule has 1 atom stereocenters. The average molecular weight is 239 g/mol. The molecule has 0 aliphatic carbocycles. The lowest BCUT2D eigenvalue weighted by molar-refractivity contribution is 0.0913. The van der Waals surface area contributed by atoms with Crippen molar-refractivity contribution in [3.63, 3.8) is 0 Å². The fourth-order valence-electron chi connectivity index (χ4n) is 1.52. The normalized spacial score (nSPS) is 13.5. The zero-order chi connectivity index (χ0) is 13.2. The molecule has 0 spiro atoms. The van der Waals surface area contributed by atoms with Crippen molar-refractivity contribution >= 4 is 5.91 Å². The van der Waals surface area contributed by atoms with Crippen LogP contribution < -0.4 is 11.1 Å². The maximum Gasteiger partial charge on any atom is 0.307 e. The topological polar surface area (TPSA) is 81.2 Å². The van der Waals surface area contributed by atoms with Crippen LogP contribution in [0.3, 0.4) is 0 Å². The molecule has 3 N–H and O–H groups in total. The highest BCUT2D eigenvalue weighted by molar-refractivity contribution is 5.89. The van der Waals surface area contributed by atoms with Crippen LogP contribution >= 0.6 is 0 Å². The standard InChI is InChI=1S/C12H21N3O2/c1-7(13)6-14-10(16)11-15-8(2)9(17-11)12(3,4)5/h7H,6,13H2,1-5H3,(H,14,16). The first kappa shape index (κ1) is 13.7. The molecule has 1 aromatic rings. The predicted molar refractivity (Wildman–Crippen MR) is 65.9 cm³/mol. The zero-order valence-corrected chi connectivity index (χ0v) is 11.1. The summed E-state index contributed by atoms with van der Waals surface area (Å²) in [7, 11) is 0. The monoisotopic (exact) mass is 239 g/mol. The van der Waals surface area contributed by atoms with Gasteiger partial charge in [-0.1, -0.05) is 20.8 Å². The summed E-state index contributed by atoms with van der Waals surface area (Å²) in [4.78, 5) is 15.9. The van der Waals surface area contributed by atoms with E-state index in [9.17, 15) is 4.79 Å². The van der Waals surface area contributed by atoms with Crippen LogP contribution in [0.5, 0.6) is 0 Å². The van der Waals surface area contributed by atoms with E-state index >= 15 is 0 Å². The number of rotatable bonds is 3. The second-order valence-corrected chi connectivity index (χ2v) is 5.37. The van der Waals surface area contributed by atoms with E-state index in [1.807, 2.05) is 34.6 Å². The Balaban J connectivity index is 2.83. The van der Waals surface area contributed by atoms with Gasteiger partial charge in [0, 0.05) is 18.0 Å². The number of hydrogen-bond donors (Lipinski definition) is 2. The Kier molecular flexibility index (Phi) is 3.93. The van der Waals surface area contributed by atoms with Crippen LogP contribution in [0.1, 0.15) is 49.8 Å². The molecule has 1 heterocycles. The first-order chi connectivity index (χ1) is 7.71. The summed E-state index contributed by atoms with van der Waals surface area (Å²) in [5, 5.41) is 2.67. The summed E-state index contributed by atoms with van der Waals surface area (Å²) >= 11 is 0. The third kappa shape index (κ3) is 3.56. The summed E-state index contributed by atoms with van der Waals surface area (Å²) in [6.07, 6.45) is 0. The number of amides is 1. The van der Waals surface area contributed by atoms with Crippen LogP contribution in [0.25, 0.3) is 0 Å². The molecule has 1 amide bonds. The molecule has 5 heteroatoms. The maximum absolute atomic E-state index is 11.7. The molecule has 1 unspecified atom stereocenters. The van der Waals surface area contributed by atoms with Crippen molar-refractivity contribution in [1.29, 1.82) is 0 Å². The molecule has 1 rings (SSSR count). The minimum Gasteiger partial charge on any atom is -0.437 e. The third-order valence-corrected chi connectivity index (χ3v) is 2.26. The van der Waals surface area contributed by atoms with Crippen molar-refractivity contribution in [2.45, 2.75) is 46.1 Å². The van der Waals surface area contributed by atoms with Gasteiger partial charge in [0.25, 0.3) is 5.89 Å². The molecule has 0 radical (unpaired) electrons. The van der Waals surface area contributed by atoms with E-state index in [0.29, 0.717) is 6.54 Å². The summed E-state index contributed by atoms with van der Waals surface area (Å²) in [5.41, 5.74) is 6.15. The largest absolute Gasteiger partial charge is 0.437 e. The van der Waals surface area contributed by atoms with Gasteiger partial charge in [0.05, 0.1) is 5.69 Å². The lowest BCUT2D eigenvalue weighted by Crippen LogP contribution is -2.35. The smallest absolute Gasteiger partial charge is 0.307 e. The van der Waals surface area contributed by atoms with Crippen LogP contribution in [0.2, 0.25) is 0 Å². The molecule has 0 aliphatic rings. The molecule has 96 valence electrons. The van der Waals surface area contributed by atoms with Gasteiger partial charge in [-0.15, -0.1) is 0 Å². The van der Waals surface area contributed by atoms with Gasteiger partial charge in [-0.05, 0) is 13.8 Å². The second-order valence-electron chi connectivity index (χ2n) is 5.37. The van der Waals surface area contributed by atoms with Crippen LogP contribution in [-0.4, -0.2) is 23.5 Å². The molecule has 0 aromatic carbocycles. The van der Waals surface area contributed by atoms with Crippen LogP contribution in [0, 0.1) is 6.92 Å². The maximum atomic E-state index is 11.7. The first-order valence-corrected chi connectivity index (χ1v) is 5.73. The number of aryl methyl sites for hydroxylation is 1. The Morgan fingerprint density at radius 3 is 2.53 bits per heavy atom. The van der Waals surface area contributed by atoms with Crippen molar-refractivity contribution < 1.29 is 9.21 Å². The third-order valence-electron chi connectivity index (χ3n) is 2.26.